The Morgan fingerprint density at radius 1 is 1.37 bits per heavy atom. The number of thiophene rings is 1. The van der Waals surface area contributed by atoms with E-state index >= 15 is 0 Å². The van der Waals surface area contributed by atoms with Gasteiger partial charge in [0.25, 0.3) is 5.91 Å². The molecule has 0 saturated heterocycles. The van der Waals surface area contributed by atoms with Crippen molar-refractivity contribution >= 4 is 60.7 Å². The van der Waals surface area contributed by atoms with Gasteiger partial charge in [-0.05, 0) is 46.9 Å². The van der Waals surface area contributed by atoms with E-state index in [1.54, 1.807) is 24.3 Å². The molecule has 2 aromatic heterocycles. The Bertz CT molecular complexity index is 982. The highest BCUT2D eigenvalue weighted by atomic mass is 127. The lowest BCUT2D eigenvalue weighted by Crippen LogP contribution is -2.25. The molecule has 0 aliphatic heterocycles. The molecule has 27 heavy (non-hydrogen) atoms. The van der Waals surface area contributed by atoms with Gasteiger partial charge in [-0.15, -0.1) is 0 Å². The van der Waals surface area contributed by atoms with Gasteiger partial charge < -0.3 is 15.2 Å². The number of pyridine rings is 1. The Balaban J connectivity index is 2.03. The SMILES string of the molecule is COc1ccc2c(C(=O)NOCCO)c(Nc3ccc(I)cc3F)sc2n1. The Kier molecular flexibility index (Phi) is 6.42. The van der Waals surface area contributed by atoms with Crippen molar-refractivity contribution < 1.29 is 23.9 Å². The zero-order valence-electron chi connectivity index (χ0n) is 14.1. The fourth-order valence-corrected chi connectivity index (χ4v) is 3.84. The van der Waals surface area contributed by atoms with E-state index in [2.05, 4.69) is 15.8 Å². The van der Waals surface area contributed by atoms with Crippen LogP contribution in [0.4, 0.5) is 15.1 Å². The van der Waals surface area contributed by atoms with Crippen molar-refractivity contribution in [3.8, 4) is 5.88 Å². The zero-order chi connectivity index (χ0) is 19.4. The highest BCUT2D eigenvalue weighted by Crippen LogP contribution is 2.38. The number of methoxy groups -OCH3 is 1. The van der Waals surface area contributed by atoms with Crippen LogP contribution < -0.4 is 15.5 Å². The largest absolute Gasteiger partial charge is 0.481 e. The molecule has 0 unspecified atom stereocenters. The number of nitrogens with zero attached hydrogens (tertiary/aromatic N) is 1. The summed E-state index contributed by atoms with van der Waals surface area (Å²) < 4.78 is 20.1. The van der Waals surface area contributed by atoms with Gasteiger partial charge >= 0.3 is 0 Å². The number of aliphatic hydroxyl groups excluding tert-OH is 1. The predicted octanol–water partition coefficient (Wildman–Crippen LogP) is 3.45. The van der Waals surface area contributed by atoms with E-state index in [1.807, 2.05) is 22.6 Å². The monoisotopic (exact) mass is 503 g/mol. The van der Waals surface area contributed by atoms with E-state index < -0.39 is 11.7 Å². The number of hydroxylamine groups is 1. The number of halogens is 2. The molecule has 7 nitrogen and oxygen atoms in total. The van der Waals surface area contributed by atoms with Gasteiger partial charge in [0.15, 0.2) is 0 Å². The van der Waals surface area contributed by atoms with Crippen LogP contribution in [-0.2, 0) is 4.84 Å². The molecule has 3 rings (SSSR count). The van der Waals surface area contributed by atoms with Crippen molar-refractivity contribution in [1.29, 1.82) is 0 Å². The normalized spacial score (nSPS) is 10.8. The van der Waals surface area contributed by atoms with E-state index in [1.165, 1.54) is 24.5 Å². The van der Waals surface area contributed by atoms with Crippen LogP contribution in [0, 0.1) is 9.39 Å². The summed E-state index contributed by atoms with van der Waals surface area (Å²) in [5.41, 5.74) is 2.77. The molecule has 2 heterocycles. The zero-order valence-corrected chi connectivity index (χ0v) is 17.1. The number of anilines is 2. The first-order valence-corrected chi connectivity index (χ1v) is 9.65. The number of benzene rings is 1. The molecule has 0 spiro atoms. The first-order chi connectivity index (χ1) is 13.0. The number of hydrogen-bond donors (Lipinski definition) is 3. The number of fused-ring (bicyclic) bond motifs is 1. The summed E-state index contributed by atoms with van der Waals surface area (Å²) in [6.45, 7) is -0.281. The van der Waals surface area contributed by atoms with E-state index in [-0.39, 0.29) is 24.5 Å². The molecule has 142 valence electrons. The highest BCUT2D eigenvalue weighted by molar-refractivity contribution is 14.1. The Labute approximate surface area is 171 Å². The molecule has 10 heteroatoms. The lowest BCUT2D eigenvalue weighted by Gasteiger charge is -2.09. The van der Waals surface area contributed by atoms with Gasteiger partial charge in [0, 0.05) is 15.0 Å². The number of rotatable bonds is 7. The average molecular weight is 503 g/mol. The molecule has 3 aromatic rings. The summed E-state index contributed by atoms with van der Waals surface area (Å²) in [6, 6.07) is 8.08. The number of ether oxygens (including phenoxy) is 1. The second-order valence-electron chi connectivity index (χ2n) is 5.26. The van der Waals surface area contributed by atoms with Crippen molar-refractivity contribution in [3.05, 3.63) is 45.3 Å². The topological polar surface area (TPSA) is 92.7 Å². The van der Waals surface area contributed by atoms with Crippen molar-refractivity contribution in [3.63, 3.8) is 0 Å². The van der Waals surface area contributed by atoms with Gasteiger partial charge in [-0.25, -0.2) is 14.9 Å². The minimum atomic E-state index is -0.532. The highest BCUT2D eigenvalue weighted by Gasteiger charge is 2.21. The van der Waals surface area contributed by atoms with Crippen LogP contribution in [0.25, 0.3) is 10.2 Å². The molecular formula is C17H15FIN3O4S. The molecule has 0 saturated carbocycles. The van der Waals surface area contributed by atoms with Crippen LogP contribution in [0.1, 0.15) is 10.4 Å². The summed E-state index contributed by atoms with van der Waals surface area (Å²) in [6.07, 6.45) is 0. The van der Waals surface area contributed by atoms with E-state index in [0.717, 1.165) is 3.57 Å². The van der Waals surface area contributed by atoms with Crippen LogP contribution in [0.15, 0.2) is 30.3 Å². The molecule has 0 radical (unpaired) electrons. The lowest BCUT2D eigenvalue weighted by atomic mass is 10.2. The number of carbonyl (C=O) groups excluding carboxylic acids is 1. The molecule has 1 aromatic carbocycles. The number of aliphatic hydroxyl groups is 1. The van der Waals surface area contributed by atoms with E-state index in [4.69, 9.17) is 14.7 Å². The Morgan fingerprint density at radius 2 is 2.19 bits per heavy atom. The molecule has 0 aliphatic rings. The molecule has 0 aliphatic carbocycles. The number of aromatic nitrogens is 1. The number of hydrogen-bond acceptors (Lipinski definition) is 7. The summed E-state index contributed by atoms with van der Waals surface area (Å²) in [7, 11) is 1.50. The standard InChI is InChI=1S/C17H15FIN3O4S/c1-25-13-5-3-10-14(15(24)22-26-7-6-23)17(27-16(10)21-13)20-12-4-2-9(19)8-11(12)18/h2-5,8,20,23H,6-7H2,1H3,(H,22,24). The fraction of sp³-hybridized carbons (Fsp3) is 0.176. The lowest BCUT2D eigenvalue weighted by molar-refractivity contribution is 0.0170. The maximum atomic E-state index is 14.2. The van der Waals surface area contributed by atoms with Gasteiger partial charge in [-0.3, -0.25) is 9.63 Å². The summed E-state index contributed by atoms with van der Waals surface area (Å²) in [5.74, 6) is -0.567. The van der Waals surface area contributed by atoms with Crippen LogP contribution in [-0.4, -0.2) is 36.3 Å². The minimum absolute atomic E-state index is 0.0472. The third-order valence-electron chi connectivity index (χ3n) is 3.50. The minimum Gasteiger partial charge on any atom is -0.481 e. The molecular weight excluding hydrogens is 488 g/mol. The third kappa shape index (κ3) is 4.46. The molecule has 3 N–H and O–H groups in total. The van der Waals surface area contributed by atoms with Crippen LogP contribution in [0.5, 0.6) is 5.88 Å². The van der Waals surface area contributed by atoms with Crippen LogP contribution in [0.2, 0.25) is 0 Å². The molecule has 0 bridgehead atoms. The molecule has 0 fully saturated rings. The summed E-state index contributed by atoms with van der Waals surface area (Å²) in [4.78, 5) is 22.4. The van der Waals surface area contributed by atoms with E-state index in [0.29, 0.717) is 21.1 Å². The number of amides is 1. The molecule has 0 atom stereocenters. The van der Waals surface area contributed by atoms with Gasteiger partial charge in [-0.1, -0.05) is 11.3 Å². The maximum absolute atomic E-state index is 14.2. The maximum Gasteiger partial charge on any atom is 0.278 e. The van der Waals surface area contributed by atoms with Crippen LogP contribution in [0.3, 0.4) is 0 Å². The van der Waals surface area contributed by atoms with Gasteiger partial charge in [0.2, 0.25) is 5.88 Å². The van der Waals surface area contributed by atoms with Crippen LogP contribution >= 0.6 is 33.9 Å². The Hall–Kier alpha value is -2.02. The third-order valence-corrected chi connectivity index (χ3v) is 5.19. The van der Waals surface area contributed by atoms with Gasteiger partial charge in [0.05, 0.1) is 31.6 Å². The average Bonchev–Trinajstić information content (AvgIpc) is 3.01. The molecule has 1 amide bonds. The summed E-state index contributed by atoms with van der Waals surface area (Å²) >= 11 is 3.21. The van der Waals surface area contributed by atoms with Crippen molar-refractivity contribution in [2.24, 2.45) is 0 Å². The van der Waals surface area contributed by atoms with Gasteiger partial charge in [0.1, 0.15) is 15.6 Å². The first-order valence-electron chi connectivity index (χ1n) is 7.76. The smallest absolute Gasteiger partial charge is 0.278 e. The number of nitrogens with one attached hydrogen (secondary N) is 2. The summed E-state index contributed by atoms with van der Waals surface area (Å²) in [5, 5.41) is 12.7. The first kappa shape index (κ1) is 19.7. The predicted molar refractivity (Wildman–Crippen MR) is 109 cm³/mol. The van der Waals surface area contributed by atoms with Gasteiger partial charge in [-0.2, -0.15) is 0 Å². The second kappa shape index (κ2) is 8.78. The Morgan fingerprint density at radius 3 is 2.89 bits per heavy atom. The second-order valence-corrected chi connectivity index (χ2v) is 7.51. The van der Waals surface area contributed by atoms with E-state index in [9.17, 15) is 9.18 Å². The van der Waals surface area contributed by atoms with Crippen molar-refractivity contribution in [1.82, 2.24) is 10.5 Å². The van der Waals surface area contributed by atoms with Crippen molar-refractivity contribution in [2.75, 3.05) is 25.6 Å². The quantitative estimate of drug-likeness (QED) is 0.260. The van der Waals surface area contributed by atoms with Crippen molar-refractivity contribution in [2.45, 2.75) is 0 Å². The number of carbonyl (C=O) groups is 1. The fourth-order valence-electron chi connectivity index (χ4n) is 2.32.